The Kier molecular flexibility index (Phi) is 4.41. The first-order chi connectivity index (χ1) is 11.3. The number of anilines is 1. The zero-order valence-corrected chi connectivity index (χ0v) is 13.2. The average molecular weight is 356 g/mol. The smallest absolute Gasteiger partial charge is 0.406 e. The van der Waals surface area contributed by atoms with Gasteiger partial charge in [0.15, 0.2) is 0 Å². The first-order valence-corrected chi connectivity index (χ1v) is 7.63. The molecule has 0 bridgehead atoms. The van der Waals surface area contributed by atoms with Crippen molar-refractivity contribution in [3.05, 3.63) is 58.6 Å². The van der Waals surface area contributed by atoms with Gasteiger partial charge in [-0.2, -0.15) is 0 Å². The van der Waals surface area contributed by atoms with Crippen molar-refractivity contribution in [1.29, 1.82) is 0 Å². The van der Waals surface area contributed by atoms with Gasteiger partial charge in [0.2, 0.25) is 5.91 Å². The maximum absolute atomic E-state index is 12.5. The molecular weight excluding hydrogens is 343 g/mol. The van der Waals surface area contributed by atoms with Crippen LogP contribution in [0.5, 0.6) is 5.75 Å². The van der Waals surface area contributed by atoms with Gasteiger partial charge in [-0.1, -0.05) is 29.8 Å². The van der Waals surface area contributed by atoms with Crippen LogP contribution in [-0.2, 0) is 17.6 Å². The Morgan fingerprint density at radius 3 is 2.54 bits per heavy atom. The van der Waals surface area contributed by atoms with Crippen LogP contribution in [0.3, 0.4) is 0 Å². The Bertz CT molecular complexity index is 759. The van der Waals surface area contributed by atoms with Crippen LogP contribution >= 0.6 is 11.6 Å². The van der Waals surface area contributed by atoms with Crippen LogP contribution in [0, 0.1) is 0 Å². The van der Waals surface area contributed by atoms with E-state index >= 15 is 0 Å². The van der Waals surface area contributed by atoms with E-state index in [4.69, 9.17) is 11.6 Å². The molecule has 0 radical (unpaired) electrons. The highest BCUT2D eigenvalue weighted by Crippen LogP contribution is 2.34. The van der Waals surface area contributed by atoms with Gasteiger partial charge in [-0.25, -0.2) is 0 Å². The number of benzene rings is 2. The van der Waals surface area contributed by atoms with Crippen LogP contribution in [0.15, 0.2) is 42.5 Å². The third kappa shape index (κ3) is 3.82. The molecule has 1 amide bonds. The summed E-state index contributed by atoms with van der Waals surface area (Å²) in [5.41, 5.74) is 2.09. The molecule has 0 fully saturated rings. The van der Waals surface area contributed by atoms with Crippen molar-refractivity contribution in [3.8, 4) is 5.75 Å². The van der Waals surface area contributed by atoms with Crippen molar-refractivity contribution in [1.82, 2.24) is 0 Å². The number of rotatable bonds is 3. The van der Waals surface area contributed by atoms with E-state index in [0.29, 0.717) is 23.7 Å². The number of fused-ring (bicyclic) bond motifs is 1. The van der Waals surface area contributed by atoms with E-state index in [1.807, 2.05) is 0 Å². The number of alkyl halides is 3. The minimum atomic E-state index is -4.76. The predicted octanol–water partition coefficient (Wildman–Crippen LogP) is 4.37. The molecule has 2 aromatic rings. The standard InChI is InChI=1S/C17H13ClF3NO2/c18-13-4-1-11(2-5-13)9-16(23)22-8-7-12-3-6-14(10-15(12)22)24-17(19,20)21/h1-6,10H,7-9H2. The topological polar surface area (TPSA) is 29.5 Å². The van der Waals surface area contributed by atoms with Gasteiger partial charge in [0.05, 0.1) is 12.1 Å². The highest BCUT2D eigenvalue weighted by atomic mass is 35.5. The van der Waals surface area contributed by atoms with E-state index in [1.165, 1.54) is 17.0 Å². The molecule has 1 heterocycles. The predicted molar refractivity (Wildman–Crippen MR) is 84.3 cm³/mol. The molecule has 0 atom stereocenters. The molecule has 24 heavy (non-hydrogen) atoms. The van der Waals surface area contributed by atoms with Gasteiger partial charge in [-0.3, -0.25) is 4.79 Å². The summed E-state index contributed by atoms with van der Waals surface area (Å²) in [6.07, 6.45) is -4.00. The summed E-state index contributed by atoms with van der Waals surface area (Å²) in [6, 6.07) is 11.0. The SMILES string of the molecule is O=C(Cc1ccc(Cl)cc1)N1CCc2ccc(OC(F)(F)F)cc21. The van der Waals surface area contributed by atoms with Gasteiger partial charge in [0, 0.05) is 17.6 Å². The third-order valence-electron chi connectivity index (χ3n) is 3.76. The molecule has 0 spiro atoms. The maximum atomic E-state index is 12.5. The van der Waals surface area contributed by atoms with Crippen LogP contribution in [-0.4, -0.2) is 18.8 Å². The molecule has 126 valence electrons. The second-order valence-corrected chi connectivity index (χ2v) is 5.87. The van der Waals surface area contributed by atoms with E-state index < -0.39 is 6.36 Å². The van der Waals surface area contributed by atoms with Gasteiger partial charge in [-0.15, -0.1) is 13.2 Å². The summed E-state index contributed by atoms with van der Waals surface area (Å²) in [4.78, 5) is 14.0. The van der Waals surface area contributed by atoms with Gasteiger partial charge in [0.1, 0.15) is 5.75 Å². The average Bonchev–Trinajstić information content (AvgIpc) is 2.91. The van der Waals surface area contributed by atoms with Crippen molar-refractivity contribution >= 4 is 23.2 Å². The van der Waals surface area contributed by atoms with E-state index in [2.05, 4.69) is 4.74 Å². The molecule has 0 aromatic heterocycles. The lowest BCUT2D eigenvalue weighted by Crippen LogP contribution is -2.30. The Balaban J connectivity index is 1.78. The maximum Gasteiger partial charge on any atom is 0.573 e. The van der Waals surface area contributed by atoms with Crippen LogP contribution in [0.25, 0.3) is 0 Å². The van der Waals surface area contributed by atoms with Gasteiger partial charge < -0.3 is 9.64 Å². The van der Waals surface area contributed by atoms with Gasteiger partial charge in [-0.05, 0) is 35.7 Å². The molecule has 3 nitrogen and oxygen atoms in total. The van der Waals surface area contributed by atoms with Crippen molar-refractivity contribution in [3.63, 3.8) is 0 Å². The van der Waals surface area contributed by atoms with Crippen molar-refractivity contribution in [2.75, 3.05) is 11.4 Å². The number of amides is 1. The first kappa shape index (κ1) is 16.6. The quantitative estimate of drug-likeness (QED) is 0.818. The number of halogens is 4. The minimum absolute atomic E-state index is 0.154. The largest absolute Gasteiger partial charge is 0.573 e. The molecule has 2 aromatic carbocycles. The lowest BCUT2D eigenvalue weighted by Gasteiger charge is -2.18. The summed E-state index contributed by atoms with van der Waals surface area (Å²) in [6.45, 7) is 0.442. The number of carbonyl (C=O) groups is 1. The van der Waals surface area contributed by atoms with Crippen molar-refractivity contribution in [2.24, 2.45) is 0 Å². The normalized spacial score (nSPS) is 13.8. The number of ether oxygens (including phenoxy) is 1. The van der Waals surface area contributed by atoms with Gasteiger partial charge >= 0.3 is 6.36 Å². The first-order valence-electron chi connectivity index (χ1n) is 7.25. The van der Waals surface area contributed by atoms with Crippen molar-refractivity contribution in [2.45, 2.75) is 19.2 Å². The van der Waals surface area contributed by atoms with Crippen LogP contribution < -0.4 is 9.64 Å². The highest BCUT2D eigenvalue weighted by molar-refractivity contribution is 6.30. The number of carbonyl (C=O) groups excluding carboxylic acids is 1. The van der Waals surface area contributed by atoms with Crippen LogP contribution in [0.1, 0.15) is 11.1 Å². The summed E-state index contributed by atoms with van der Waals surface area (Å²) >= 11 is 5.81. The van der Waals surface area contributed by atoms with E-state index in [1.54, 1.807) is 30.3 Å². The Hall–Kier alpha value is -2.21. The highest BCUT2D eigenvalue weighted by Gasteiger charge is 2.32. The Morgan fingerprint density at radius 1 is 1.17 bits per heavy atom. The second kappa shape index (κ2) is 6.36. The lowest BCUT2D eigenvalue weighted by molar-refractivity contribution is -0.274. The molecule has 0 saturated heterocycles. The minimum Gasteiger partial charge on any atom is -0.406 e. The second-order valence-electron chi connectivity index (χ2n) is 5.44. The molecule has 0 saturated carbocycles. The number of hydrogen-bond donors (Lipinski definition) is 0. The fraction of sp³-hybridized carbons (Fsp3) is 0.235. The molecule has 1 aliphatic rings. The molecule has 0 unspecified atom stereocenters. The Labute approximate surface area is 141 Å². The monoisotopic (exact) mass is 355 g/mol. The number of nitrogens with zero attached hydrogens (tertiary/aromatic N) is 1. The van der Waals surface area contributed by atoms with E-state index in [-0.39, 0.29) is 18.1 Å². The zero-order valence-electron chi connectivity index (χ0n) is 12.4. The fourth-order valence-electron chi connectivity index (χ4n) is 2.69. The number of hydrogen-bond acceptors (Lipinski definition) is 2. The van der Waals surface area contributed by atoms with Crippen molar-refractivity contribution < 1.29 is 22.7 Å². The zero-order chi connectivity index (χ0) is 17.3. The Morgan fingerprint density at radius 2 is 1.88 bits per heavy atom. The molecule has 1 aliphatic heterocycles. The molecule has 7 heteroatoms. The molecule has 3 rings (SSSR count). The van der Waals surface area contributed by atoms with E-state index in [0.717, 1.165) is 11.1 Å². The lowest BCUT2D eigenvalue weighted by atomic mass is 10.1. The molecular formula is C17H13ClF3NO2. The third-order valence-corrected chi connectivity index (χ3v) is 4.01. The van der Waals surface area contributed by atoms with E-state index in [9.17, 15) is 18.0 Å². The summed E-state index contributed by atoms with van der Waals surface area (Å²) in [5, 5.41) is 0.576. The van der Waals surface area contributed by atoms with Gasteiger partial charge in [0.25, 0.3) is 0 Å². The fourth-order valence-corrected chi connectivity index (χ4v) is 2.81. The molecule has 0 aliphatic carbocycles. The molecule has 0 N–H and O–H groups in total. The van der Waals surface area contributed by atoms with Crippen LogP contribution in [0.4, 0.5) is 18.9 Å². The van der Waals surface area contributed by atoms with Crippen LogP contribution in [0.2, 0.25) is 5.02 Å². The summed E-state index contributed by atoms with van der Waals surface area (Å²) in [7, 11) is 0. The summed E-state index contributed by atoms with van der Waals surface area (Å²) < 4.78 is 41.0. The summed E-state index contributed by atoms with van der Waals surface area (Å²) in [5.74, 6) is -0.507.